The normalized spacial score (nSPS) is 12.2. The monoisotopic (exact) mass is 316 g/mol. The maximum absolute atomic E-state index is 13.2. The van der Waals surface area contributed by atoms with Gasteiger partial charge in [0.15, 0.2) is 0 Å². The molecule has 102 valence electrons. The van der Waals surface area contributed by atoms with Gasteiger partial charge in [-0.2, -0.15) is 0 Å². The molecule has 0 aliphatic carbocycles. The predicted molar refractivity (Wildman–Crippen MR) is 78.2 cm³/mol. The molecule has 0 fully saturated rings. The maximum Gasteiger partial charge on any atom is 0.124 e. The zero-order chi connectivity index (χ0) is 13.8. The molecule has 18 heavy (non-hydrogen) atoms. The van der Waals surface area contributed by atoms with E-state index in [4.69, 9.17) is 0 Å². The molecule has 0 heterocycles. The second-order valence-electron chi connectivity index (χ2n) is 5.69. The number of rotatable bonds is 5. The number of likely N-dealkylation sites (N-methyl/N-ethyl adjacent to an activating group) is 1. The van der Waals surface area contributed by atoms with Crippen molar-refractivity contribution < 1.29 is 4.39 Å². The third-order valence-electron chi connectivity index (χ3n) is 2.52. The highest BCUT2D eigenvalue weighted by molar-refractivity contribution is 9.10. The standard InChI is InChI=1S/C14H22BrFN2/c1-14(2,3)17-5-6-18(4)10-11-7-12(15)9-13(16)8-11/h7-9,17H,5-6,10H2,1-4H3. The van der Waals surface area contributed by atoms with Crippen LogP contribution in [-0.2, 0) is 6.54 Å². The lowest BCUT2D eigenvalue weighted by molar-refractivity contribution is 0.303. The minimum Gasteiger partial charge on any atom is -0.311 e. The van der Waals surface area contributed by atoms with Gasteiger partial charge in [-0.05, 0) is 51.6 Å². The van der Waals surface area contributed by atoms with Crippen molar-refractivity contribution in [1.29, 1.82) is 0 Å². The third-order valence-corrected chi connectivity index (χ3v) is 2.98. The molecule has 0 atom stereocenters. The maximum atomic E-state index is 13.2. The number of halogens is 2. The van der Waals surface area contributed by atoms with Crippen LogP contribution in [0, 0.1) is 5.82 Å². The van der Waals surface area contributed by atoms with Crippen molar-refractivity contribution in [1.82, 2.24) is 10.2 Å². The molecule has 0 aliphatic heterocycles. The van der Waals surface area contributed by atoms with Crippen molar-refractivity contribution in [3.63, 3.8) is 0 Å². The lowest BCUT2D eigenvalue weighted by Crippen LogP contribution is -2.40. The van der Waals surface area contributed by atoms with E-state index in [-0.39, 0.29) is 11.4 Å². The Morgan fingerprint density at radius 1 is 1.28 bits per heavy atom. The van der Waals surface area contributed by atoms with E-state index in [1.807, 2.05) is 13.1 Å². The van der Waals surface area contributed by atoms with Gasteiger partial charge in [0, 0.05) is 29.6 Å². The number of nitrogens with one attached hydrogen (secondary N) is 1. The van der Waals surface area contributed by atoms with Gasteiger partial charge in [0.1, 0.15) is 5.82 Å². The first-order valence-electron chi connectivity index (χ1n) is 6.15. The van der Waals surface area contributed by atoms with Gasteiger partial charge in [-0.15, -0.1) is 0 Å². The largest absolute Gasteiger partial charge is 0.311 e. The Bertz CT molecular complexity index is 368. The van der Waals surface area contributed by atoms with Gasteiger partial charge in [0.2, 0.25) is 0 Å². The number of benzene rings is 1. The summed E-state index contributed by atoms with van der Waals surface area (Å²) in [6.07, 6.45) is 0. The van der Waals surface area contributed by atoms with Crippen LogP contribution in [0.25, 0.3) is 0 Å². The van der Waals surface area contributed by atoms with Crippen molar-refractivity contribution in [2.75, 3.05) is 20.1 Å². The molecular formula is C14H22BrFN2. The average molecular weight is 317 g/mol. The van der Waals surface area contributed by atoms with Gasteiger partial charge in [0.05, 0.1) is 0 Å². The summed E-state index contributed by atoms with van der Waals surface area (Å²) in [6, 6.07) is 5.01. The van der Waals surface area contributed by atoms with Gasteiger partial charge in [0.25, 0.3) is 0 Å². The molecule has 2 nitrogen and oxygen atoms in total. The summed E-state index contributed by atoms with van der Waals surface area (Å²) in [5.41, 5.74) is 1.13. The molecule has 0 radical (unpaired) electrons. The average Bonchev–Trinajstić information content (AvgIpc) is 2.12. The molecule has 0 amide bonds. The fourth-order valence-electron chi connectivity index (χ4n) is 1.71. The van der Waals surface area contributed by atoms with E-state index in [0.29, 0.717) is 0 Å². The quantitative estimate of drug-likeness (QED) is 0.895. The van der Waals surface area contributed by atoms with Crippen molar-refractivity contribution in [2.24, 2.45) is 0 Å². The highest BCUT2D eigenvalue weighted by atomic mass is 79.9. The number of hydrogen-bond acceptors (Lipinski definition) is 2. The van der Waals surface area contributed by atoms with Crippen LogP contribution in [0.1, 0.15) is 26.3 Å². The lowest BCUT2D eigenvalue weighted by atomic mass is 10.1. The van der Waals surface area contributed by atoms with E-state index in [1.165, 1.54) is 6.07 Å². The van der Waals surface area contributed by atoms with Gasteiger partial charge < -0.3 is 10.2 Å². The van der Waals surface area contributed by atoms with Crippen LogP contribution in [0.4, 0.5) is 4.39 Å². The van der Waals surface area contributed by atoms with Crippen LogP contribution in [-0.4, -0.2) is 30.6 Å². The first kappa shape index (κ1) is 15.6. The SMILES string of the molecule is CN(CCNC(C)(C)C)Cc1cc(F)cc(Br)c1. The summed E-state index contributed by atoms with van der Waals surface area (Å²) in [7, 11) is 2.04. The Labute approximate surface area is 118 Å². The highest BCUT2D eigenvalue weighted by Crippen LogP contribution is 2.15. The molecule has 1 aromatic rings. The summed E-state index contributed by atoms with van der Waals surface area (Å²) in [5.74, 6) is -0.194. The number of nitrogens with zero attached hydrogens (tertiary/aromatic N) is 1. The van der Waals surface area contributed by atoms with E-state index in [9.17, 15) is 4.39 Å². The number of hydrogen-bond donors (Lipinski definition) is 1. The predicted octanol–water partition coefficient (Wildman–Crippen LogP) is 3.41. The molecule has 0 bridgehead atoms. The fraction of sp³-hybridized carbons (Fsp3) is 0.571. The van der Waals surface area contributed by atoms with E-state index < -0.39 is 0 Å². The molecule has 0 aliphatic rings. The van der Waals surface area contributed by atoms with E-state index >= 15 is 0 Å². The summed E-state index contributed by atoms with van der Waals surface area (Å²) in [5, 5.41) is 3.44. The highest BCUT2D eigenvalue weighted by Gasteiger charge is 2.09. The zero-order valence-electron chi connectivity index (χ0n) is 11.6. The summed E-state index contributed by atoms with van der Waals surface area (Å²) in [4.78, 5) is 2.18. The summed E-state index contributed by atoms with van der Waals surface area (Å²) in [6.45, 7) is 9.06. The van der Waals surface area contributed by atoms with E-state index in [0.717, 1.165) is 29.7 Å². The van der Waals surface area contributed by atoms with Gasteiger partial charge in [-0.1, -0.05) is 15.9 Å². The zero-order valence-corrected chi connectivity index (χ0v) is 13.1. The molecule has 1 aromatic carbocycles. The minimum atomic E-state index is -0.194. The van der Waals surface area contributed by atoms with Crippen molar-refractivity contribution in [3.05, 3.63) is 34.1 Å². The second kappa shape index (κ2) is 6.64. The molecule has 1 N–H and O–H groups in total. The molecular weight excluding hydrogens is 295 g/mol. The topological polar surface area (TPSA) is 15.3 Å². The van der Waals surface area contributed by atoms with Gasteiger partial charge in [-0.3, -0.25) is 0 Å². The van der Waals surface area contributed by atoms with Crippen molar-refractivity contribution in [2.45, 2.75) is 32.9 Å². The summed E-state index contributed by atoms with van der Waals surface area (Å²) < 4.78 is 14.0. The molecule has 0 saturated carbocycles. The molecule has 4 heteroatoms. The van der Waals surface area contributed by atoms with E-state index in [1.54, 1.807) is 6.07 Å². The third kappa shape index (κ3) is 6.47. The van der Waals surface area contributed by atoms with E-state index in [2.05, 4.69) is 46.9 Å². The molecule has 0 saturated heterocycles. The second-order valence-corrected chi connectivity index (χ2v) is 6.61. The smallest absolute Gasteiger partial charge is 0.124 e. The first-order valence-corrected chi connectivity index (χ1v) is 6.94. The Morgan fingerprint density at radius 3 is 2.50 bits per heavy atom. The molecule has 0 aromatic heterocycles. The van der Waals surface area contributed by atoms with Gasteiger partial charge >= 0.3 is 0 Å². The Hall–Kier alpha value is -0.450. The Kier molecular flexibility index (Phi) is 5.76. The summed E-state index contributed by atoms with van der Waals surface area (Å²) >= 11 is 3.31. The Balaban J connectivity index is 2.42. The minimum absolute atomic E-state index is 0.142. The Morgan fingerprint density at radius 2 is 1.94 bits per heavy atom. The van der Waals surface area contributed by atoms with Crippen LogP contribution in [0.5, 0.6) is 0 Å². The van der Waals surface area contributed by atoms with Gasteiger partial charge in [-0.25, -0.2) is 4.39 Å². The van der Waals surface area contributed by atoms with Crippen LogP contribution in [0.3, 0.4) is 0 Å². The fourth-order valence-corrected chi connectivity index (χ4v) is 2.23. The lowest BCUT2D eigenvalue weighted by Gasteiger charge is -2.23. The molecule has 0 unspecified atom stereocenters. The van der Waals surface area contributed by atoms with Crippen LogP contribution in [0.2, 0.25) is 0 Å². The van der Waals surface area contributed by atoms with Crippen LogP contribution < -0.4 is 5.32 Å². The molecule has 1 rings (SSSR count). The first-order chi connectivity index (χ1) is 8.26. The molecule has 0 spiro atoms. The van der Waals surface area contributed by atoms with Crippen LogP contribution in [0.15, 0.2) is 22.7 Å². The van der Waals surface area contributed by atoms with Crippen LogP contribution >= 0.6 is 15.9 Å². The van der Waals surface area contributed by atoms with Crippen molar-refractivity contribution >= 4 is 15.9 Å². The van der Waals surface area contributed by atoms with Crippen molar-refractivity contribution in [3.8, 4) is 0 Å².